The lowest BCUT2D eigenvalue weighted by Crippen LogP contribution is -2.36. The Morgan fingerprint density at radius 1 is 0.844 bits per heavy atom. The molecule has 1 saturated carbocycles. The van der Waals surface area contributed by atoms with E-state index in [0.717, 1.165) is 37.7 Å². The maximum absolute atomic E-state index is 12.5. The van der Waals surface area contributed by atoms with E-state index in [1.165, 1.54) is 36.4 Å². The SMILES string of the molecule is Cc1ccc(S(=O)(=O)NCCC(=O)Nc2ccc(S(=O)(=O)NC3CCCCC3)cc2)cc1. The number of carbonyl (C=O) groups excluding carboxylic acids is 1. The van der Waals surface area contributed by atoms with E-state index in [0.29, 0.717) is 5.69 Å². The Bertz CT molecular complexity index is 1120. The Kier molecular flexibility index (Phi) is 8.05. The van der Waals surface area contributed by atoms with Gasteiger partial charge >= 0.3 is 0 Å². The normalized spacial score (nSPS) is 15.4. The van der Waals surface area contributed by atoms with Gasteiger partial charge in [0.1, 0.15) is 0 Å². The number of amides is 1. The minimum absolute atomic E-state index is 0.0307. The van der Waals surface area contributed by atoms with E-state index in [2.05, 4.69) is 14.8 Å². The summed E-state index contributed by atoms with van der Waals surface area (Å²) in [5.41, 5.74) is 1.39. The van der Waals surface area contributed by atoms with E-state index in [9.17, 15) is 21.6 Å². The summed E-state index contributed by atoms with van der Waals surface area (Å²) in [6.45, 7) is 1.81. The first-order valence-electron chi connectivity index (χ1n) is 10.6. The van der Waals surface area contributed by atoms with Gasteiger partial charge in [0.05, 0.1) is 9.79 Å². The van der Waals surface area contributed by atoms with Crippen LogP contribution in [0.1, 0.15) is 44.1 Å². The summed E-state index contributed by atoms with van der Waals surface area (Å²) in [5.74, 6) is -0.382. The van der Waals surface area contributed by atoms with Crippen molar-refractivity contribution in [2.75, 3.05) is 11.9 Å². The van der Waals surface area contributed by atoms with E-state index < -0.39 is 20.0 Å². The van der Waals surface area contributed by atoms with Gasteiger partial charge in [0, 0.05) is 24.7 Å². The topological polar surface area (TPSA) is 121 Å². The van der Waals surface area contributed by atoms with Crippen LogP contribution < -0.4 is 14.8 Å². The highest BCUT2D eigenvalue weighted by atomic mass is 32.2. The summed E-state index contributed by atoms with van der Waals surface area (Å²) in [4.78, 5) is 12.4. The van der Waals surface area contributed by atoms with Crippen LogP contribution in [0.4, 0.5) is 5.69 Å². The lowest BCUT2D eigenvalue weighted by Gasteiger charge is -2.22. The van der Waals surface area contributed by atoms with Gasteiger partial charge in [0.2, 0.25) is 26.0 Å². The van der Waals surface area contributed by atoms with Crippen molar-refractivity contribution in [1.82, 2.24) is 9.44 Å². The minimum atomic E-state index is -3.68. The number of sulfonamides is 2. The lowest BCUT2D eigenvalue weighted by atomic mass is 9.96. The van der Waals surface area contributed by atoms with Crippen molar-refractivity contribution in [3.05, 3.63) is 54.1 Å². The van der Waals surface area contributed by atoms with E-state index in [-0.39, 0.29) is 34.7 Å². The molecule has 1 aliphatic rings. The van der Waals surface area contributed by atoms with Crippen molar-refractivity contribution < 1.29 is 21.6 Å². The number of rotatable bonds is 9. The van der Waals surface area contributed by atoms with E-state index in [4.69, 9.17) is 0 Å². The fourth-order valence-electron chi connectivity index (χ4n) is 3.55. The maximum Gasteiger partial charge on any atom is 0.240 e. The maximum atomic E-state index is 12.5. The molecule has 1 aliphatic carbocycles. The summed E-state index contributed by atoms with van der Waals surface area (Å²) in [6, 6.07) is 12.3. The van der Waals surface area contributed by atoms with E-state index >= 15 is 0 Å². The zero-order valence-corrected chi connectivity index (χ0v) is 19.6. The standard InChI is InChI=1S/C22H29N3O5S2/c1-17-7-11-20(12-8-17)31(27,28)23-16-15-22(26)24-18-9-13-21(14-10-18)32(29,30)25-19-5-3-2-4-6-19/h7-14,19,23,25H,2-6,15-16H2,1H3,(H,24,26). The van der Waals surface area contributed by atoms with Crippen molar-refractivity contribution in [3.63, 3.8) is 0 Å². The first-order chi connectivity index (χ1) is 15.2. The molecule has 0 heterocycles. The van der Waals surface area contributed by atoms with Crippen LogP contribution in [0, 0.1) is 6.92 Å². The summed E-state index contributed by atoms with van der Waals surface area (Å²) in [5, 5.41) is 2.65. The first-order valence-corrected chi connectivity index (χ1v) is 13.6. The van der Waals surface area contributed by atoms with Gasteiger partial charge in [-0.3, -0.25) is 4.79 Å². The third-order valence-electron chi connectivity index (χ3n) is 5.35. The second-order valence-corrected chi connectivity index (χ2v) is 11.5. The van der Waals surface area contributed by atoms with Gasteiger partial charge in [-0.05, 0) is 56.2 Å². The Hall–Kier alpha value is -2.27. The number of carbonyl (C=O) groups is 1. The number of hydrogen-bond acceptors (Lipinski definition) is 5. The van der Waals surface area contributed by atoms with Crippen molar-refractivity contribution in [2.45, 2.75) is 61.3 Å². The molecule has 0 saturated heterocycles. The molecule has 0 radical (unpaired) electrons. The van der Waals surface area contributed by atoms with E-state index in [1.54, 1.807) is 12.1 Å². The molecular formula is C22H29N3O5S2. The molecule has 2 aromatic rings. The van der Waals surface area contributed by atoms with Crippen LogP contribution >= 0.6 is 0 Å². The highest BCUT2D eigenvalue weighted by molar-refractivity contribution is 7.89. The molecule has 174 valence electrons. The average molecular weight is 480 g/mol. The number of aryl methyl sites for hydroxylation is 1. The lowest BCUT2D eigenvalue weighted by molar-refractivity contribution is -0.116. The summed E-state index contributed by atoms with van der Waals surface area (Å²) in [7, 11) is -7.29. The van der Waals surface area contributed by atoms with Crippen molar-refractivity contribution in [2.24, 2.45) is 0 Å². The summed E-state index contributed by atoms with van der Waals surface area (Å²) < 4.78 is 54.7. The third-order valence-corrected chi connectivity index (χ3v) is 8.36. The quantitative estimate of drug-likeness (QED) is 0.511. The Morgan fingerprint density at radius 2 is 1.41 bits per heavy atom. The molecule has 1 amide bonds. The van der Waals surface area contributed by atoms with Crippen LogP contribution in [0.15, 0.2) is 58.3 Å². The molecule has 0 spiro atoms. The fraction of sp³-hybridized carbons (Fsp3) is 0.409. The molecule has 0 unspecified atom stereocenters. The number of benzene rings is 2. The Labute approximate surface area is 189 Å². The minimum Gasteiger partial charge on any atom is -0.326 e. The highest BCUT2D eigenvalue weighted by Crippen LogP contribution is 2.21. The number of hydrogen-bond donors (Lipinski definition) is 3. The number of anilines is 1. The zero-order chi connectivity index (χ0) is 23.2. The van der Waals surface area contributed by atoms with Crippen LogP contribution in [0.25, 0.3) is 0 Å². The second kappa shape index (κ2) is 10.6. The molecule has 2 aromatic carbocycles. The largest absolute Gasteiger partial charge is 0.326 e. The fourth-order valence-corrected chi connectivity index (χ4v) is 5.89. The monoisotopic (exact) mass is 479 g/mol. The molecule has 10 heteroatoms. The first kappa shape index (κ1) is 24.4. The van der Waals surface area contributed by atoms with Crippen LogP contribution in [-0.4, -0.2) is 35.3 Å². The van der Waals surface area contributed by atoms with Crippen LogP contribution in [0.5, 0.6) is 0 Å². The van der Waals surface area contributed by atoms with Gasteiger partial charge in [-0.25, -0.2) is 26.3 Å². The molecule has 3 rings (SSSR count). The van der Waals surface area contributed by atoms with Gasteiger partial charge in [-0.2, -0.15) is 0 Å². The zero-order valence-electron chi connectivity index (χ0n) is 18.0. The third kappa shape index (κ3) is 6.86. The molecule has 0 aromatic heterocycles. The average Bonchev–Trinajstić information content (AvgIpc) is 2.75. The highest BCUT2D eigenvalue weighted by Gasteiger charge is 2.21. The second-order valence-electron chi connectivity index (χ2n) is 7.99. The summed E-state index contributed by atoms with van der Waals surface area (Å²) in [6.07, 6.45) is 4.83. The molecule has 0 bridgehead atoms. The van der Waals surface area contributed by atoms with Gasteiger partial charge in [0.15, 0.2) is 0 Å². The number of nitrogens with one attached hydrogen (secondary N) is 3. The predicted molar refractivity (Wildman–Crippen MR) is 123 cm³/mol. The van der Waals surface area contributed by atoms with Gasteiger partial charge in [-0.15, -0.1) is 0 Å². The molecule has 1 fully saturated rings. The Balaban J connectivity index is 1.49. The van der Waals surface area contributed by atoms with Gasteiger partial charge in [-0.1, -0.05) is 37.0 Å². The molecule has 3 N–H and O–H groups in total. The van der Waals surface area contributed by atoms with Crippen LogP contribution in [0.2, 0.25) is 0 Å². The summed E-state index contributed by atoms with van der Waals surface area (Å²) >= 11 is 0. The van der Waals surface area contributed by atoms with E-state index in [1.807, 2.05) is 6.92 Å². The molecule has 0 atom stereocenters. The van der Waals surface area contributed by atoms with Crippen LogP contribution in [-0.2, 0) is 24.8 Å². The van der Waals surface area contributed by atoms with Crippen molar-refractivity contribution in [1.29, 1.82) is 0 Å². The van der Waals surface area contributed by atoms with Gasteiger partial charge in [0.25, 0.3) is 0 Å². The molecule has 0 aliphatic heterocycles. The van der Waals surface area contributed by atoms with Crippen molar-refractivity contribution in [3.8, 4) is 0 Å². The smallest absolute Gasteiger partial charge is 0.240 e. The van der Waals surface area contributed by atoms with Crippen molar-refractivity contribution >= 4 is 31.6 Å². The van der Waals surface area contributed by atoms with Crippen LogP contribution in [0.3, 0.4) is 0 Å². The molecule has 8 nitrogen and oxygen atoms in total. The van der Waals surface area contributed by atoms with Gasteiger partial charge < -0.3 is 5.32 Å². The Morgan fingerprint density at radius 3 is 2.03 bits per heavy atom. The predicted octanol–water partition coefficient (Wildman–Crippen LogP) is 2.91. The molecular weight excluding hydrogens is 450 g/mol. The molecule has 32 heavy (non-hydrogen) atoms.